The van der Waals surface area contributed by atoms with Gasteiger partial charge in [-0.3, -0.25) is 0 Å². The average molecular weight is 331 g/mol. The first-order chi connectivity index (χ1) is 12.2. The highest BCUT2D eigenvalue weighted by molar-refractivity contribution is 5.79. The van der Waals surface area contributed by atoms with Crippen molar-refractivity contribution in [3.63, 3.8) is 0 Å². The Morgan fingerprint density at radius 3 is 2.56 bits per heavy atom. The summed E-state index contributed by atoms with van der Waals surface area (Å²) >= 11 is 0. The topological polar surface area (TPSA) is 59.0 Å². The van der Waals surface area contributed by atoms with Crippen LogP contribution in [0.2, 0.25) is 0 Å². The summed E-state index contributed by atoms with van der Waals surface area (Å²) in [6.45, 7) is 4.32. The fourth-order valence-electron chi connectivity index (χ4n) is 3.28. The molecule has 4 rings (SSSR count). The zero-order chi connectivity index (χ0) is 17.2. The molecule has 0 amide bonds. The van der Waals surface area contributed by atoms with Crippen molar-refractivity contribution < 1.29 is 0 Å². The summed E-state index contributed by atoms with van der Waals surface area (Å²) in [5.41, 5.74) is 5.17. The number of imidazole rings is 1. The molecule has 1 saturated heterocycles. The highest BCUT2D eigenvalue weighted by Gasteiger charge is 2.15. The van der Waals surface area contributed by atoms with Crippen LogP contribution in [0.1, 0.15) is 17.0 Å². The molecule has 2 aromatic carbocycles. The van der Waals surface area contributed by atoms with Crippen LogP contribution in [0.4, 0.5) is 5.69 Å². The molecule has 1 aromatic heterocycles. The predicted octanol–water partition coefficient (Wildman–Crippen LogP) is 2.78. The van der Waals surface area contributed by atoms with Gasteiger partial charge in [0.25, 0.3) is 0 Å². The number of rotatable bonds is 3. The number of fused-ring (bicyclic) bond motifs is 1. The summed E-state index contributed by atoms with van der Waals surface area (Å²) in [5.74, 6) is 0.954. The lowest BCUT2D eigenvalue weighted by atomic mass is 10.1. The monoisotopic (exact) mass is 331 g/mol. The number of piperazine rings is 1. The Balaban J connectivity index is 1.54. The first kappa shape index (κ1) is 15.7. The molecule has 0 atom stereocenters. The van der Waals surface area contributed by atoms with E-state index in [1.54, 1.807) is 0 Å². The second kappa shape index (κ2) is 6.58. The number of aromatic amines is 1. The molecular formula is C20H21N5. The number of hydrogen-bond acceptors (Lipinski definition) is 4. The number of H-pyrrole nitrogens is 1. The fourth-order valence-corrected chi connectivity index (χ4v) is 3.28. The van der Waals surface area contributed by atoms with Gasteiger partial charge >= 0.3 is 0 Å². The van der Waals surface area contributed by atoms with Gasteiger partial charge in [0.2, 0.25) is 0 Å². The van der Waals surface area contributed by atoms with Crippen LogP contribution < -0.4 is 4.90 Å². The zero-order valence-corrected chi connectivity index (χ0v) is 14.4. The van der Waals surface area contributed by atoms with Crippen molar-refractivity contribution in [2.45, 2.75) is 6.42 Å². The highest BCUT2D eigenvalue weighted by Crippen LogP contribution is 2.22. The molecule has 126 valence electrons. The third kappa shape index (κ3) is 3.35. The first-order valence-electron chi connectivity index (χ1n) is 8.62. The van der Waals surface area contributed by atoms with Crippen LogP contribution in [0.25, 0.3) is 11.0 Å². The summed E-state index contributed by atoms with van der Waals surface area (Å²) in [6, 6.07) is 16.3. The van der Waals surface area contributed by atoms with E-state index in [2.05, 4.69) is 46.1 Å². The normalized spacial score (nSPS) is 15.4. The molecule has 1 aliphatic rings. The standard InChI is InChI=1S/C20H21N5/c1-24-8-10-25(11-9-24)17-6-7-18-19(13-17)23-20(22-18)12-15-2-4-16(14-21)5-3-15/h2-7,13H,8-12H2,1H3,(H,22,23). The third-order valence-corrected chi connectivity index (χ3v) is 4.84. The van der Waals surface area contributed by atoms with Gasteiger partial charge in [-0.25, -0.2) is 4.98 Å². The lowest BCUT2D eigenvalue weighted by molar-refractivity contribution is 0.313. The molecule has 0 radical (unpaired) electrons. The molecule has 1 N–H and O–H groups in total. The minimum atomic E-state index is 0.685. The maximum atomic E-state index is 8.89. The van der Waals surface area contributed by atoms with Crippen molar-refractivity contribution in [2.24, 2.45) is 0 Å². The second-order valence-corrected chi connectivity index (χ2v) is 6.66. The van der Waals surface area contributed by atoms with Crippen molar-refractivity contribution in [1.29, 1.82) is 5.26 Å². The summed E-state index contributed by atoms with van der Waals surface area (Å²) in [7, 11) is 2.17. The van der Waals surface area contributed by atoms with Gasteiger partial charge in [0.05, 0.1) is 22.7 Å². The molecule has 2 heterocycles. The van der Waals surface area contributed by atoms with Crippen molar-refractivity contribution in [1.82, 2.24) is 14.9 Å². The number of nitrogens with zero attached hydrogens (tertiary/aromatic N) is 4. The number of anilines is 1. The highest BCUT2D eigenvalue weighted by atomic mass is 15.2. The van der Waals surface area contributed by atoms with Gasteiger partial charge in [0.1, 0.15) is 5.82 Å². The molecule has 1 aliphatic heterocycles. The van der Waals surface area contributed by atoms with Crippen molar-refractivity contribution >= 4 is 16.7 Å². The van der Waals surface area contributed by atoms with Gasteiger partial charge < -0.3 is 14.8 Å². The molecule has 0 bridgehead atoms. The number of aromatic nitrogens is 2. The van der Waals surface area contributed by atoms with Gasteiger partial charge in [-0.15, -0.1) is 0 Å². The van der Waals surface area contributed by atoms with Gasteiger partial charge in [-0.05, 0) is 42.9 Å². The molecule has 0 unspecified atom stereocenters. The Morgan fingerprint density at radius 1 is 1.08 bits per heavy atom. The number of nitrogens with one attached hydrogen (secondary N) is 1. The number of benzene rings is 2. The van der Waals surface area contributed by atoms with Crippen molar-refractivity contribution in [2.75, 3.05) is 38.1 Å². The van der Waals surface area contributed by atoms with E-state index in [4.69, 9.17) is 10.2 Å². The predicted molar refractivity (Wildman–Crippen MR) is 99.8 cm³/mol. The molecule has 0 spiro atoms. The summed E-state index contributed by atoms with van der Waals surface area (Å²) < 4.78 is 0. The van der Waals surface area contributed by atoms with Crippen molar-refractivity contribution in [3.8, 4) is 6.07 Å². The average Bonchev–Trinajstić information content (AvgIpc) is 3.04. The van der Waals surface area contributed by atoms with E-state index in [1.807, 2.05) is 24.3 Å². The Labute approximate surface area is 147 Å². The van der Waals surface area contributed by atoms with Crippen LogP contribution in [0.5, 0.6) is 0 Å². The Morgan fingerprint density at radius 2 is 1.84 bits per heavy atom. The number of likely N-dealkylation sites (N-methyl/N-ethyl adjacent to an activating group) is 1. The molecular weight excluding hydrogens is 310 g/mol. The summed E-state index contributed by atoms with van der Waals surface area (Å²) in [4.78, 5) is 13.0. The van der Waals surface area contributed by atoms with E-state index < -0.39 is 0 Å². The lowest BCUT2D eigenvalue weighted by Gasteiger charge is -2.34. The molecule has 0 saturated carbocycles. The zero-order valence-electron chi connectivity index (χ0n) is 14.4. The van der Waals surface area contributed by atoms with E-state index in [1.165, 1.54) is 5.69 Å². The maximum absolute atomic E-state index is 8.89. The van der Waals surface area contributed by atoms with Gasteiger partial charge in [-0.2, -0.15) is 5.26 Å². The molecule has 3 aromatic rings. The number of nitriles is 1. The largest absolute Gasteiger partial charge is 0.369 e. The second-order valence-electron chi connectivity index (χ2n) is 6.66. The SMILES string of the molecule is CN1CCN(c2ccc3[nH]c(Cc4ccc(C#N)cc4)nc3c2)CC1. The summed E-state index contributed by atoms with van der Waals surface area (Å²) in [5, 5.41) is 8.89. The van der Waals surface area contributed by atoms with E-state index >= 15 is 0 Å². The van der Waals surface area contributed by atoms with Gasteiger partial charge in [0, 0.05) is 38.3 Å². The maximum Gasteiger partial charge on any atom is 0.111 e. The number of hydrogen-bond donors (Lipinski definition) is 1. The Hall–Kier alpha value is -2.84. The van der Waals surface area contributed by atoms with Crippen LogP contribution in [-0.4, -0.2) is 48.1 Å². The van der Waals surface area contributed by atoms with Crippen LogP contribution in [0.15, 0.2) is 42.5 Å². The molecule has 5 nitrogen and oxygen atoms in total. The van der Waals surface area contributed by atoms with Crippen LogP contribution >= 0.6 is 0 Å². The minimum absolute atomic E-state index is 0.685. The molecule has 0 aliphatic carbocycles. The first-order valence-corrected chi connectivity index (χ1v) is 8.62. The van der Waals surface area contributed by atoms with E-state index in [-0.39, 0.29) is 0 Å². The quantitative estimate of drug-likeness (QED) is 0.802. The smallest absolute Gasteiger partial charge is 0.111 e. The van der Waals surface area contributed by atoms with Gasteiger partial charge in [0.15, 0.2) is 0 Å². The molecule has 25 heavy (non-hydrogen) atoms. The fraction of sp³-hybridized carbons (Fsp3) is 0.300. The van der Waals surface area contributed by atoms with E-state index in [0.29, 0.717) is 5.56 Å². The Kier molecular flexibility index (Phi) is 4.12. The van der Waals surface area contributed by atoms with Crippen LogP contribution in [0.3, 0.4) is 0 Å². The van der Waals surface area contributed by atoms with Gasteiger partial charge in [-0.1, -0.05) is 12.1 Å². The van der Waals surface area contributed by atoms with Crippen LogP contribution in [-0.2, 0) is 6.42 Å². The lowest BCUT2D eigenvalue weighted by Crippen LogP contribution is -2.44. The molecule has 1 fully saturated rings. The third-order valence-electron chi connectivity index (χ3n) is 4.84. The minimum Gasteiger partial charge on any atom is -0.369 e. The summed E-state index contributed by atoms with van der Waals surface area (Å²) in [6.07, 6.45) is 0.740. The Bertz CT molecular complexity index is 911. The van der Waals surface area contributed by atoms with Crippen LogP contribution in [0, 0.1) is 11.3 Å². The molecule has 5 heteroatoms. The van der Waals surface area contributed by atoms with Crippen molar-refractivity contribution in [3.05, 3.63) is 59.4 Å². The van der Waals surface area contributed by atoms with E-state index in [0.717, 1.165) is 55.0 Å². The van der Waals surface area contributed by atoms with E-state index in [9.17, 15) is 0 Å².